The van der Waals surface area contributed by atoms with Gasteiger partial charge in [0.05, 0.1) is 12.3 Å². The summed E-state index contributed by atoms with van der Waals surface area (Å²) in [4.78, 5) is 30.5. The van der Waals surface area contributed by atoms with Crippen LogP contribution in [-0.4, -0.2) is 37.4 Å². The van der Waals surface area contributed by atoms with E-state index in [0.717, 1.165) is 5.56 Å². The Balaban J connectivity index is 2.49. The highest BCUT2D eigenvalue weighted by molar-refractivity contribution is 7.18. The predicted octanol–water partition coefficient (Wildman–Crippen LogP) is 2.62. The first-order chi connectivity index (χ1) is 10.0. The van der Waals surface area contributed by atoms with E-state index in [1.807, 2.05) is 44.4 Å². The lowest BCUT2D eigenvalue weighted by molar-refractivity contribution is -0.137. The zero-order chi connectivity index (χ0) is 15.4. The summed E-state index contributed by atoms with van der Waals surface area (Å²) in [7, 11) is 3.68. The van der Waals surface area contributed by atoms with Gasteiger partial charge in [-0.3, -0.25) is 4.79 Å². The van der Waals surface area contributed by atoms with Crippen LogP contribution in [0.3, 0.4) is 0 Å². The maximum atomic E-state index is 12.2. The van der Waals surface area contributed by atoms with E-state index >= 15 is 0 Å². The number of hydrogen-bond acceptors (Lipinski definition) is 6. The molecule has 0 saturated heterocycles. The van der Waals surface area contributed by atoms with E-state index in [-0.39, 0.29) is 6.61 Å². The maximum absolute atomic E-state index is 12.2. The molecule has 0 radical (unpaired) electrons. The minimum absolute atomic E-state index is 0.171. The van der Waals surface area contributed by atoms with E-state index in [4.69, 9.17) is 4.74 Å². The highest BCUT2D eigenvalue weighted by atomic mass is 32.1. The number of carbonyl (C=O) groups is 2. The lowest BCUT2D eigenvalue weighted by atomic mass is 10.1. The van der Waals surface area contributed by atoms with Gasteiger partial charge in [-0.25, -0.2) is 9.78 Å². The molecule has 1 heterocycles. The summed E-state index contributed by atoms with van der Waals surface area (Å²) in [6, 6.07) is 9.33. The number of ketones is 1. The summed E-state index contributed by atoms with van der Waals surface area (Å²) in [6.07, 6.45) is 0. The largest absolute Gasteiger partial charge is 0.460 e. The summed E-state index contributed by atoms with van der Waals surface area (Å²) >= 11 is 1.19. The maximum Gasteiger partial charge on any atom is 0.380 e. The molecule has 0 fully saturated rings. The molecule has 0 aliphatic heterocycles. The van der Waals surface area contributed by atoms with Gasteiger partial charge in [0.1, 0.15) is 4.88 Å². The van der Waals surface area contributed by atoms with E-state index in [0.29, 0.717) is 15.7 Å². The molecular weight excluding hydrogens is 288 g/mol. The summed E-state index contributed by atoms with van der Waals surface area (Å²) in [6.45, 7) is 1.84. The third kappa shape index (κ3) is 3.28. The molecule has 0 aliphatic rings. The molecule has 2 rings (SSSR count). The first-order valence-corrected chi connectivity index (χ1v) is 7.31. The minimum Gasteiger partial charge on any atom is -0.460 e. The van der Waals surface area contributed by atoms with Gasteiger partial charge < -0.3 is 9.64 Å². The normalized spacial score (nSPS) is 10.2. The van der Waals surface area contributed by atoms with Crippen molar-refractivity contribution < 1.29 is 14.3 Å². The zero-order valence-corrected chi connectivity index (χ0v) is 12.9. The molecule has 2 aromatic rings. The molecule has 0 bridgehead atoms. The van der Waals surface area contributed by atoms with E-state index in [2.05, 4.69) is 4.98 Å². The fourth-order valence-corrected chi connectivity index (χ4v) is 2.67. The average Bonchev–Trinajstić information content (AvgIpc) is 2.93. The van der Waals surface area contributed by atoms with Gasteiger partial charge in [-0.05, 0) is 6.92 Å². The van der Waals surface area contributed by atoms with Crippen LogP contribution < -0.4 is 4.90 Å². The molecule has 21 heavy (non-hydrogen) atoms. The first-order valence-electron chi connectivity index (χ1n) is 6.49. The second kappa shape index (κ2) is 6.49. The van der Waals surface area contributed by atoms with Gasteiger partial charge in [-0.15, -0.1) is 0 Å². The Morgan fingerprint density at radius 3 is 2.48 bits per heavy atom. The number of thiazole rings is 1. The van der Waals surface area contributed by atoms with Gasteiger partial charge >= 0.3 is 5.97 Å². The van der Waals surface area contributed by atoms with Crippen molar-refractivity contribution in [2.24, 2.45) is 0 Å². The van der Waals surface area contributed by atoms with Crippen molar-refractivity contribution in [1.29, 1.82) is 0 Å². The van der Waals surface area contributed by atoms with Crippen LogP contribution in [-0.2, 0) is 9.53 Å². The number of anilines is 1. The van der Waals surface area contributed by atoms with Crippen LogP contribution in [0.2, 0.25) is 0 Å². The summed E-state index contributed by atoms with van der Waals surface area (Å²) in [5, 5.41) is 0.668. The number of rotatable bonds is 5. The molecule has 1 aromatic carbocycles. The van der Waals surface area contributed by atoms with Crippen molar-refractivity contribution in [1.82, 2.24) is 4.98 Å². The topological polar surface area (TPSA) is 59.5 Å². The molecule has 0 spiro atoms. The van der Waals surface area contributed by atoms with Gasteiger partial charge in [-0.1, -0.05) is 41.7 Å². The quantitative estimate of drug-likeness (QED) is 0.483. The first kappa shape index (κ1) is 15.2. The van der Waals surface area contributed by atoms with Gasteiger partial charge in [-0.2, -0.15) is 0 Å². The summed E-state index contributed by atoms with van der Waals surface area (Å²) < 4.78 is 4.80. The Kier molecular flexibility index (Phi) is 4.70. The Hall–Kier alpha value is -2.21. The predicted molar refractivity (Wildman–Crippen MR) is 82.8 cm³/mol. The third-order valence-electron chi connectivity index (χ3n) is 2.71. The van der Waals surface area contributed by atoms with Gasteiger partial charge in [0.25, 0.3) is 5.78 Å². The summed E-state index contributed by atoms with van der Waals surface area (Å²) in [5.74, 6) is -1.50. The van der Waals surface area contributed by atoms with Crippen LogP contribution in [0.25, 0.3) is 11.3 Å². The number of ether oxygens (including phenoxy) is 1. The number of aromatic nitrogens is 1. The van der Waals surface area contributed by atoms with Gasteiger partial charge in [0.15, 0.2) is 5.13 Å². The van der Waals surface area contributed by atoms with E-state index in [1.54, 1.807) is 11.8 Å². The molecule has 5 nitrogen and oxygen atoms in total. The Labute approximate surface area is 127 Å². The van der Waals surface area contributed by atoms with Crippen molar-refractivity contribution in [2.45, 2.75) is 6.92 Å². The monoisotopic (exact) mass is 304 g/mol. The smallest absolute Gasteiger partial charge is 0.380 e. The zero-order valence-electron chi connectivity index (χ0n) is 12.1. The third-order valence-corrected chi connectivity index (χ3v) is 3.93. The second-order valence-corrected chi connectivity index (χ2v) is 5.46. The van der Waals surface area contributed by atoms with E-state index in [1.165, 1.54) is 11.3 Å². The number of esters is 1. The Morgan fingerprint density at radius 1 is 1.24 bits per heavy atom. The van der Waals surface area contributed by atoms with Crippen molar-refractivity contribution in [2.75, 3.05) is 25.6 Å². The number of nitrogens with zero attached hydrogens (tertiary/aromatic N) is 2. The highest BCUT2D eigenvalue weighted by Crippen LogP contribution is 2.32. The standard InChI is InChI=1S/C15H16N2O3S/c1-4-20-14(19)12(18)13-11(10-8-6-5-7-9-10)16-15(21-13)17(2)3/h5-9H,4H2,1-3H3. The number of carbonyl (C=O) groups excluding carboxylic acids is 2. The van der Waals surface area contributed by atoms with Crippen molar-refractivity contribution in [3.05, 3.63) is 35.2 Å². The van der Waals surface area contributed by atoms with Crippen molar-refractivity contribution >= 4 is 28.2 Å². The van der Waals surface area contributed by atoms with Crippen LogP contribution in [0.15, 0.2) is 30.3 Å². The molecule has 0 amide bonds. The number of Topliss-reactive ketones (excluding diaryl/α,β-unsaturated/α-hetero) is 1. The molecule has 0 atom stereocenters. The molecule has 6 heteroatoms. The fraction of sp³-hybridized carbons (Fsp3) is 0.267. The van der Waals surface area contributed by atoms with E-state index in [9.17, 15) is 9.59 Å². The lowest BCUT2D eigenvalue weighted by Crippen LogP contribution is -2.17. The van der Waals surface area contributed by atoms with Crippen LogP contribution >= 0.6 is 11.3 Å². The van der Waals surface area contributed by atoms with Gasteiger partial charge in [0.2, 0.25) is 0 Å². The summed E-state index contributed by atoms with van der Waals surface area (Å²) in [5.41, 5.74) is 1.32. The van der Waals surface area contributed by atoms with Crippen molar-refractivity contribution in [3.63, 3.8) is 0 Å². The molecule has 110 valence electrons. The number of hydrogen-bond donors (Lipinski definition) is 0. The van der Waals surface area contributed by atoms with Gasteiger partial charge in [0, 0.05) is 19.7 Å². The van der Waals surface area contributed by atoms with Crippen LogP contribution in [0.4, 0.5) is 5.13 Å². The SMILES string of the molecule is CCOC(=O)C(=O)c1sc(N(C)C)nc1-c1ccccc1. The average molecular weight is 304 g/mol. The lowest BCUT2D eigenvalue weighted by Gasteiger charge is -2.05. The number of benzene rings is 1. The minimum atomic E-state index is -0.844. The van der Waals surface area contributed by atoms with Crippen LogP contribution in [0.1, 0.15) is 16.6 Å². The van der Waals surface area contributed by atoms with Crippen LogP contribution in [0, 0.1) is 0 Å². The van der Waals surface area contributed by atoms with E-state index < -0.39 is 11.8 Å². The molecule has 0 N–H and O–H groups in total. The molecular formula is C15H16N2O3S. The second-order valence-electron chi connectivity index (χ2n) is 4.48. The van der Waals surface area contributed by atoms with Crippen LogP contribution in [0.5, 0.6) is 0 Å². The molecule has 0 saturated carbocycles. The molecule has 1 aromatic heterocycles. The molecule has 0 aliphatic carbocycles. The highest BCUT2D eigenvalue weighted by Gasteiger charge is 2.26. The fourth-order valence-electron chi connectivity index (χ4n) is 1.74. The van der Waals surface area contributed by atoms with Crippen molar-refractivity contribution in [3.8, 4) is 11.3 Å². The Morgan fingerprint density at radius 2 is 1.90 bits per heavy atom. The Bertz CT molecular complexity index is 650. The molecule has 0 unspecified atom stereocenters.